The van der Waals surface area contributed by atoms with E-state index in [9.17, 15) is 31.2 Å². The molecule has 2 amide bonds. The normalized spacial score (nSPS) is 14.8. The Bertz CT molecular complexity index is 1660. The predicted octanol–water partition coefficient (Wildman–Crippen LogP) is 2.43. The topological polar surface area (TPSA) is 209 Å². The van der Waals surface area contributed by atoms with Gasteiger partial charge >= 0.3 is 12.1 Å². The first-order valence-corrected chi connectivity index (χ1v) is 15.6. The molecule has 8 N–H and O–H groups in total. The first-order chi connectivity index (χ1) is 21.1. The van der Waals surface area contributed by atoms with E-state index < -0.39 is 40.0 Å². The molecule has 12 nitrogen and oxygen atoms in total. The zero-order valence-electron chi connectivity index (χ0n) is 23.4. The fraction of sp³-hybridized carbons (Fsp3) is 0.214. The molecule has 17 heteroatoms. The molecule has 0 spiro atoms. The maximum absolute atomic E-state index is 13.6. The minimum absolute atomic E-state index is 0.0496. The number of nitrogens with zero attached hydrogens (tertiary/aromatic N) is 1. The average Bonchev–Trinajstić information content (AvgIpc) is 3.08. The Morgan fingerprint density at radius 2 is 1.67 bits per heavy atom. The van der Waals surface area contributed by atoms with E-state index in [1.807, 2.05) is 0 Å². The van der Waals surface area contributed by atoms with Gasteiger partial charge in [0, 0.05) is 28.4 Å². The monoisotopic (exact) mass is 666 g/mol. The number of nitrogens with two attached hydrogens (primary N) is 2. The van der Waals surface area contributed by atoms with Crippen LogP contribution in [-0.2, 0) is 36.7 Å². The number of hydrogen-bond acceptors (Lipinski definition) is 8. The van der Waals surface area contributed by atoms with Crippen molar-refractivity contribution in [3.63, 3.8) is 0 Å². The van der Waals surface area contributed by atoms with Crippen LogP contribution in [0.1, 0.15) is 16.7 Å². The van der Waals surface area contributed by atoms with Gasteiger partial charge in [-0.2, -0.15) is 13.2 Å². The summed E-state index contributed by atoms with van der Waals surface area (Å²) in [5.41, 5.74) is 14.4. The highest BCUT2D eigenvalue weighted by molar-refractivity contribution is 7.99. The lowest BCUT2D eigenvalue weighted by Gasteiger charge is -2.25. The van der Waals surface area contributed by atoms with Gasteiger partial charge < -0.3 is 26.8 Å². The summed E-state index contributed by atoms with van der Waals surface area (Å²) in [6.07, 6.45) is -5.08. The molecule has 45 heavy (non-hydrogen) atoms. The predicted molar refractivity (Wildman–Crippen MR) is 163 cm³/mol. The minimum atomic E-state index is -5.08. The van der Waals surface area contributed by atoms with Crippen LogP contribution in [0.3, 0.4) is 0 Å². The molecule has 0 saturated heterocycles. The van der Waals surface area contributed by atoms with Gasteiger partial charge in [0.05, 0.1) is 11.4 Å². The Balaban J connectivity index is 0.000000707. The number of anilines is 2. The summed E-state index contributed by atoms with van der Waals surface area (Å²) in [6.45, 7) is -0.103. The van der Waals surface area contributed by atoms with E-state index in [0.717, 1.165) is 5.56 Å². The summed E-state index contributed by atoms with van der Waals surface area (Å²) in [5, 5.41) is 17.4. The van der Waals surface area contributed by atoms with Crippen LogP contribution in [0.2, 0.25) is 0 Å². The van der Waals surface area contributed by atoms with Crippen molar-refractivity contribution < 1.29 is 41.1 Å². The second-order valence-electron chi connectivity index (χ2n) is 9.57. The number of carbonyl (C=O) groups is 3. The number of amides is 2. The molecule has 0 unspecified atom stereocenters. The van der Waals surface area contributed by atoms with E-state index >= 15 is 0 Å². The third kappa shape index (κ3) is 10.5. The van der Waals surface area contributed by atoms with E-state index in [2.05, 4.69) is 10.0 Å². The van der Waals surface area contributed by atoms with Gasteiger partial charge in [0.15, 0.2) is 0 Å². The lowest BCUT2D eigenvalue weighted by atomic mass is 10.1. The van der Waals surface area contributed by atoms with E-state index in [-0.39, 0.29) is 30.4 Å². The summed E-state index contributed by atoms with van der Waals surface area (Å²) in [6, 6.07) is 19.5. The summed E-state index contributed by atoms with van der Waals surface area (Å²) in [7, 11) is -3.85. The Hall–Kier alpha value is -4.61. The highest BCUT2D eigenvalue weighted by Crippen LogP contribution is 2.36. The summed E-state index contributed by atoms with van der Waals surface area (Å²) >= 11 is 1.30. The van der Waals surface area contributed by atoms with E-state index in [4.69, 9.17) is 26.8 Å². The molecule has 4 rings (SSSR count). The second kappa shape index (κ2) is 14.9. The molecule has 1 heterocycles. The van der Waals surface area contributed by atoms with Crippen LogP contribution in [0.4, 0.5) is 24.5 Å². The molecule has 0 bridgehead atoms. The molecule has 0 aromatic heterocycles. The van der Waals surface area contributed by atoms with Crippen LogP contribution in [0.15, 0.2) is 77.7 Å². The number of carbonyl (C=O) groups excluding carboxylic acids is 2. The van der Waals surface area contributed by atoms with Gasteiger partial charge in [-0.3, -0.25) is 15.0 Å². The van der Waals surface area contributed by atoms with Crippen LogP contribution >= 0.6 is 11.8 Å². The Labute approximate surface area is 260 Å². The first kappa shape index (κ1) is 34.9. The van der Waals surface area contributed by atoms with Crippen LogP contribution in [-0.4, -0.2) is 61.7 Å². The Morgan fingerprint density at radius 1 is 1.04 bits per heavy atom. The van der Waals surface area contributed by atoms with Gasteiger partial charge in [0.1, 0.15) is 18.4 Å². The van der Waals surface area contributed by atoms with Gasteiger partial charge in [-0.25, -0.2) is 17.9 Å². The molecule has 0 radical (unpaired) electrons. The maximum Gasteiger partial charge on any atom is 0.490 e. The fourth-order valence-corrected chi connectivity index (χ4v) is 6.48. The number of benzene rings is 3. The third-order valence-electron chi connectivity index (χ3n) is 6.06. The van der Waals surface area contributed by atoms with Crippen molar-refractivity contribution in [1.82, 2.24) is 10.0 Å². The van der Waals surface area contributed by atoms with Gasteiger partial charge in [0.2, 0.25) is 21.8 Å². The third-order valence-corrected chi connectivity index (χ3v) is 8.56. The zero-order chi connectivity index (χ0) is 33.4. The fourth-order valence-electron chi connectivity index (χ4n) is 3.92. The number of carboxylic acid groups (broad SMARTS) is 1. The van der Waals surface area contributed by atoms with Gasteiger partial charge in [-0.15, -0.1) is 11.8 Å². The number of sulfonamides is 1. The lowest BCUT2D eigenvalue weighted by molar-refractivity contribution is -0.192. The molecule has 0 saturated carbocycles. The number of rotatable bonds is 9. The Kier molecular flexibility index (Phi) is 11.6. The molecule has 0 aliphatic carbocycles. The van der Waals surface area contributed by atoms with Crippen molar-refractivity contribution in [2.45, 2.75) is 29.4 Å². The average molecular weight is 667 g/mol. The largest absolute Gasteiger partial charge is 0.490 e. The molecular formula is C28H29F3N6O6S2. The van der Waals surface area contributed by atoms with E-state index in [1.165, 1.54) is 16.7 Å². The molecule has 1 aliphatic rings. The molecule has 1 aliphatic heterocycles. The lowest BCUT2D eigenvalue weighted by Crippen LogP contribution is -2.51. The molecule has 240 valence electrons. The maximum atomic E-state index is 13.6. The molecular weight excluding hydrogens is 637 g/mol. The molecule has 3 aromatic carbocycles. The number of hydrogen-bond donors (Lipinski definition) is 6. The number of thioether (sulfide) groups is 1. The quantitative estimate of drug-likeness (QED) is 0.112. The van der Waals surface area contributed by atoms with Crippen molar-refractivity contribution in [3.8, 4) is 0 Å². The van der Waals surface area contributed by atoms with E-state index in [1.54, 1.807) is 72.8 Å². The number of amidine groups is 1. The number of fused-ring (bicyclic) bond motifs is 1. The van der Waals surface area contributed by atoms with Crippen LogP contribution < -0.4 is 26.4 Å². The second-order valence-corrected chi connectivity index (χ2v) is 12.4. The summed E-state index contributed by atoms with van der Waals surface area (Å²) in [4.78, 5) is 37.3. The van der Waals surface area contributed by atoms with Gasteiger partial charge in [0.25, 0.3) is 0 Å². The number of nitrogens with one attached hydrogen (secondary N) is 3. The van der Waals surface area contributed by atoms with E-state index in [0.29, 0.717) is 27.4 Å². The Morgan fingerprint density at radius 3 is 2.24 bits per heavy atom. The van der Waals surface area contributed by atoms with Crippen molar-refractivity contribution in [2.75, 3.05) is 22.9 Å². The van der Waals surface area contributed by atoms with Crippen molar-refractivity contribution in [3.05, 3.63) is 89.5 Å². The van der Waals surface area contributed by atoms with Crippen molar-refractivity contribution >= 4 is 56.8 Å². The van der Waals surface area contributed by atoms with Crippen LogP contribution in [0.5, 0.6) is 0 Å². The minimum Gasteiger partial charge on any atom is -0.475 e. The smallest absolute Gasteiger partial charge is 0.475 e. The number of alkyl halides is 3. The highest BCUT2D eigenvalue weighted by atomic mass is 32.2. The van der Waals surface area contributed by atoms with Crippen molar-refractivity contribution in [2.24, 2.45) is 5.73 Å². The number of carboxylic acids is 1. The van der Waals surface area contributed by atoms with Crippen LogP contribution in [0.25, 0.3) is 0 Å². The molecule has 1 atom stereocenters. The number of nitrogen functional groups attached to an aromatic ring is 2. The highest BCUT2D eigenvalue weighted by Gasteiger charge is 2.38. The SMILES string of the molecule is N=C(N)c1ccc(CNC(=O)CN2C(=O)[C@H](NS(=O)(=O)Cc3ccccc3)CSc3cc(N)ccc32)cc1.O=C(O)C(F)(F)F. The standard InChI is InChI=1S/C26H28N6O4S2.C2HF3O2/c27-20-10-11-22-23(12-20)37-15-21(31-38(35,36)16-18-4-2-1-3-5-18)26(34)32(22)14-24(33)30-13-17-6-8-19(9-7-17)25(28)29;3-2(4,5)1(6)7/h1-12,21,31H,13-16,27H2,(H3,28,29)(H,30,33);(H,6,7)/t21-;/m1./s1. The molecule has 0 fully saturated rings. The van der Waals surface area contributed by atoms with Gasteiger partial charge in [-0.1, -0.05) is 54.6 Å². The zero-order valence-corrected chi connectivity index (χ0v) is 25.0. The number of aliphatic carboxylic acids is 1. The first-order valence-electron chi connectivity index (χ1n) is 12.9. The summed E-state index contributed by atoms with van der Waals surface area (Å²) < 4.78 is 60.1. The van der Waals surface area contributed by atoms with Crippen LogP contribution in [0, 0.1) is 5.41 Å². The van der Waals surface area contributed by atoms with Crippen molar-refractivity contribution in [1.29, 1.82) is 5.41 Å². The summed E-state index contributed by atoms with van der Waals surface area (Å²) in [5.74, 6) is -3.89. The number of halogens is 3. The van der Waals surface area contributed by atoms with Gasteiger partial charge in [-0.05, 0) is 29.3 Å². The molecule has 3 aromatic rings.